The largest absolute Gasteiger partial charge is 0.355 e. The van der Waals surface area contributed by atoms with Gasteiger partial charge in [0.1, 0.15) is 5.69 Å². The van der Waals surface area contributed by atoms with E-state index < -0.39 is 0 Å². The lowest BCUT2D eigenvalue weighted by Gasteiger charge is -2.20. The first-order valence-electron chi connectivity index (χ1n) is 8.00. The molecule has 0 bridgehead atoms. The minimum atomic E-state index is 0.0154. The van der Waals surface area contributed by atoms with Gasteiger partial charge in [-0.15, -0.1) is 0 Å². The molecule has 0 unspecified atom stereocenters. The zero-order chi connectivity index (χ0) is 16.1. The number of rotatable bonds is 3. The number of amides is 1. The number of nitrogens with one attached hydrogen (secondary N) is 1. The minimum Gasteiger partial charge on any atom is -0.355 e. The molecule has 0 spiro atoms. The highest BCUT2D eigenvalue weighted by atomic mass is 35.5. The molecular weight excluding hydrogens is 310 g/mol. The number of hydrogen-bond donors (Lipinski definition) is 1. The van der Waals surface area contributed by atoms with Crippen LogP contribution in [0.15, 0.2) is 42.6 Å². The van der Waals surface area contributed by atoms with Crippen molar-refractivity contribution in [3.8, 4) is 0 Å². The molecule has 1 aromatic carbocycles. The van der Waals surface area contributed by atoms with E-state index in [1.807, 2.05) is 35.2 Å². The van der Waals surface area contributed by atoms with Gasteiger partial charge in [0, 0.05) is 35.7 Å². The Morgan fingerprint density at radius 1 is 1.04 bits per heavy atom. The molecule has 1 N–H and O–H groups in total. The van der Waals surface area contributed by atoms with Crippen molar-refractivity contribution in [2.45, 2.75) is 25.7 Å². The van der Waals surface area contributed by atoms with Crippen molar-refractivity contribution in [3.63, 3.8) is 0 Å². The smallest absolute Gasteiger partial charge is 0.272 e. The lowest BCUT2D eigenvalue weighted by molar-refractivity contribution is 0.0756. The molecule has 1 fully saturated rings. The Morgan fingerprint density at radius 2 is 1.78 bits per heavy atom. The number of hydrogen-bond acceptors (Lipinski definition) is 3. The highest BCUT2D eigenvalue weighted by Crippen LogP contribution is 2.21. The normalized spacial score (nSPS) is 15.1. The van der Waals surface area contributed by atoms with Crippen molar-refractivity contribution >= 4 is 28.9 Å². The van der Waals surface area contributed by atoms with E-state index in [9.17, 15) is 4.79 Å². The second kappa shape index (κ2) is 7.47. The maximum atomic E-state index is 12.6. The molecule has 0 radical (unpaired) electrons. The molecular formula is C18H20ClN3O. The molecule has 0 aliphatic carbocycles. The van der Waals surface area contributed by atoms with Crippen LogP contribution in [0, 0.1) is 0 Å². The van der Waals surface area contributed by atoms with Crippen LogP contribution in [0.3, 0.4) is 0 Å². The zero-order valence-electron chi connectivity index (χ0n) is 13.0. The van der Waals surface area contributed by atoms with Gasteiger partial charge in [-0.2, -0.15) is 0 Å². The van der Waals surface area contributed by atoms with Gasteiger partial charge in [0.15, 0.2) is 0 Å². The van der Waals surface area contributed by atoms with Crippen LogP contribution in [0.5, 0.6) is 0 Å². The zero-order valence-corrected chi connectivity index (χ0v) is 13.7. The molecule has 5 heteroatoms. The monoisotopic (exact) mass is 329 g/mol. The second-order valence-corrected chi connectivity index (χ2v) is 6.21. The van der Waals surface area contributed by atoms with Crippen molar-refractivity contribution in [1.82, 2.24) is 9.88 Å². The van der Waals surface area contributed by atoms with E-state index in [2.05, 4.69) is 10.3 Å². The Kier molecular flexibility index (Phi) is 5.13. The van der Waals surface area contributed by atoms with Gasteiger partial charge in [0.25, 0.3) is 5.91 Å². The highest BCUT2D eigenvalue weighted by molar-refractivity contribution is 6.30. The van der Waals surface area contributed by atoms with E-state index in [0.29, 0.717) is 10.7 Å². The summed E-state index contributed by atoms with van der Waals surface area (Å²) in [7, 11) is 0. The van der Waals surface area contributed by atoms with Gasteiger partial charge in [0.2, 0.25) is 0 Å². The van der Waals surface area contributed by atoms with E-state index in [1.165, 1.54) is 12.8 Å². The third-order valence-corrected chi connectivity index (χ3v) is 4.22. The van der Waals surface area contributed by atoms with Crippen molar-refractivity contribution in [2.24, 2.45) is 0 Å². The maximum absolute atomic E-state index is 12.6. The Hall–Kier alpha value is -2.07. The van der Waals surface area contributed by atoms with Crippen LogP contribution >= 0.6 is 11.6 Å². The van der Waals surface area contributed by atoms with Crippen molar-refractivity contribution in [2.75, 3.05) is 18.4 Å². The predicted molar refractivity (Wildman–Crippen MR) is 93.3 cm³/mol. The van der Waals surface area contributed by atoms with E-state index in [4.69, 9.17) is 11.6 Å². The maximum Gasteiger partial charge on any atom is 0.272 e. The summed E-state index contributed by atoms with van der Waals surface area (Å²) in [6.07, 6.45) is 6.22. The topological polar surface area (TPSA) is 45.2 Å². The molecule has 0 saturated carbocycles. The fraction of sp³-hybridized carbons (Fsp3) is 0.333. The summed E-state index contributed by atoms with van der Waals surface area (Å²) in [5.41, 5.74) is 2.20. The first-order valence-corrected chi connectivity index (χ1v) is 8.38. The van der Waals surface area contributed by atoms with Gasteiger partial charge in [-0.05, 0) is 43.2 Å². The third-order valence-electron chi connectivity index (χ3n) is 3.99. The van der Waals surface area contributed by atoms with Gasteiger partial charge in [0.05, 0.1) is 0 Å². The molecule has 1 aliphatic rings. The van der Waals surface area contributed by atoms with Crippen LogP contribution in [0.25, 0.3) is 0 Å². The van der Waals surface area contributed by atoms with Crippen LogP contribution in [0.1, 0.15) is 36.2 Å². The Morgan fingerprint density at radius 3 is 2.52 bits per heavy atom. The molecule has 1 saturated heterocycles. The molecule has 120 valence electrons. The number of pyridine rings is 1. The fourth-order valence-electron chi connectivity index (χ4n) is 2.79. The molecule has 2 aromatic rings. The van der Waals surface area contributed by atoms with Gasteiger partial charge in [-0.1, -0.05) is 30.5 Å². The SMILES string of the molecule is O=C(c1cc(Nc2cccc(Cl)c2)ccn1)N1CCCCCC1. The molecule has 3 rings (SSSR count). The lowest BCUT2D eigenvalue weighted by Crippen LogP contribution is -2.32. The minimum absolute atomic E-state index is 0.0154. The Bertz CT molecular complexity index is 681. The standard InChI is InChI=1S/C18H20ClN3O/c19-14-6-5-7-15(12-14)21-16-8-9-20-17(13-16)18(23)22-10-3-1-2-4-11-22/h5-9,12-13H,1-4,10-11H2,(H,20,21). The van der Waals surface area contributed by atoms with E-state index >= 15 is 0 Å². The predicted octanol–water partition coefficient (Wildman–Crippen LogP) is 4.49. The average molecular weight is 330 g/mol. The van der Waals surface area contributed by atoms with Crippen molar-refractivity contribution in [3.05, 3.63) is 53.3 Å². The first-order chi connectivity index (χ1) is 11.2. The van der Waals surface area contributed by atoms with Crippen LogP contribution < -0.4 is 5.32 Å². The lowest BCUT2D eigenvalue weighted by atomic mass is 10.2. The van der Waals surface area contributed by atoms with Crippen molar-refractivity contribution < 1.29 is 4.79 Å². The molecule has 23 heavy (non-hydrogen) atoms. The second-order valence-electron chi connectivity index (χ2n) is 5.77. The molecule has 1 aromatic heterocycles. The molecule has 0 atom stereocenters. The summed E-state index contributed by atoms with van der Waals surface area (Å²) in [4.78, 5) is 18.8. The number of aromatic nitrogens is 1. The number of carbonyl (C=O) groups is 1. The molecule has 4 nitrogen and oxygen atoms in total. The summed E-state index contributed by atoms with van der Waals surface area (Å²) in [6.45, 7) is 1.65. The summed E-state index contributed by atoms with van der Waals surface area (Å²) in [5.74, 6) is 0.0154. The number of carbonyl (C=O) groups excluding carboxylic acids is 1. The third kappa shape index (κ3) is 4.23. The number of nitrogens with zero attached hydrogens (tertiary/aromatic N) is 2. The fourth-order valence-corrected chi connectivity index (χ4v) is 2.98. The Balaban J connectivity index is 1.75. The average Bonchev–Trinajstić information content (AvgIpc) is 2.84. The van der Waals surface area contributed by atoms with Gasteiger partial charge < -0.3 is 10.2 Å². The van der Waals surface area contributed by atoms with Gasteiger partial charge in [-0.3, -0.25) is 9.78 Å². The van der Waals surface area contributed by atoms with Gasteiger partial charge in [-0.25, -0.2) is 0 Å². The summed E-state index contributed by atoms with van der Waals surface area (Å²) in [5, 5.41) is 3.93. The first kappa shape index (κ1) is 15.8. The summed E-state index contributed by atoms with van der Waals surface area (Å²) >= 11 is 6.00. The van der Waals surface area contributed by atoms with E-state index in [1.54, 1.807) is 12.3 Å². The number of benzene rings is 1. The summed E-state index contributed by atoms with van der Waals surface area (Å²) in [6, 6.07) is 11.1. The molecule has 2 heterocycles. The highest BCUT2D eigenvalue weighted by Gasteiger charge is 2.18. The van der Waals surface area contributed by atoms with E-state index in [-0.39, 0.29) is 5.91 Å². The number of anilines is 2. The Labute approximate surface area is 141 Å². The molecule has 1 aliphatic heterocycles. The van der Waals surface area contributed by atoms with Crippen LogP contribution in [-0.2, 0) is 0 Å². The van der Waals surface area contributed by atoms with E-state index in [0.717, 1.165) is 37.3 Å². The van der Waals surface area contributed by atoms with Crippen LogP contribution in [-0.4, -0.2) is 28.9 Å². The van der Waals surface area contributed by atoms with Crippen molar-refractivity contribution in [1.29, 1.82) is 0 Å². The number of halogens is 1. The number of likely N-dealkylation sites (tertiary alicyclic amines) is 1. The van der Waals surface area contributed by atoms with Crippen LogP contribution in [0.4, 0.5) is 11.4 Å². The summed E-state index contributed by atoms with van der Waals surface area (Å²) < 4.78 is 0. The van der Waals surface area contributed by atoms with Crippen LogP contribution in [0.2, 0.25) is 5.02 Å². The quantitative estimate of drug-likeness (QED) is 0.902. The van der Waals surface area contributed by atoms with Gasteiger partial charge >= 0.3 is 0 Å². The molecule has 1 amide bonds.